The Morgan fingerprint density at radius 1 is 1.00 bits per heavy atom. The number of benzene rings is 2. The van der Waals surface area contributed by atoms with E-state index in [0.717, 1.165) is 23.7 Å². The van der Waals surface area contributed by atoms with Gasteiger partial charge in [-0.3, -0.25) is 4.79 Å². The van der Waals surface area contributed by atoms with E-state index in [9.17, 15) is 13.6 Å². The van der Waals surface area contributed by atoms with Crippen LogP contribution in [0, 0.1) is 5.92 Å². The summed E-state index contributed by atoms with van der Waals surface area (Å²) in [5.41, 5.74) is 1.79. The fourth-order valence-electron chi connectivity index (χ4n) is 4.60. The molecule has 42 heavy (non-hydrogen) atoms. The van der Waals surface area contributed by atoms with Gasteiger partial charge in [-0.1, -0.05) is 29.3 Å². The Morgan fingerprint density at radius 3 is 2.38 bits per heavy atom. The fraction of sp³-hybridized carbons (Fsp3) is 0.333. The SMILES string of the molecule is COc1cc2ccn(CC(=O)OC(Cc3c(Cl)c[nH+]cc3Cl)c3ccc(OC(F)F)c(OCC4CC4)c3)c2cc1OC. The molecule has 0 aliphatic heterocycles. The van der Waals surface area contributed by atoms with Crippen LogP contribution < -0.4 is 23.9 Å². The van der Waals surface area contributed by atoms with Gasteiger partial charge in [0.1, 0.15) is 22.7 Å². The fourth-order valence-corrected chi connectivity index (χ4v) is 5.13. The molecular formula is C30H29Cl2F2N2O6+. The molecule has 1 fully saturated rings. The van der Waals surface area contributed by atoms with Crippen LogP contribution in [0.15, 0.2) is 55.0 Å². The molecule has 1 unspecified atom stereocenters. The molecule has 0 saturated heterocycles. The molecule has 2 aromatic heterocycles. The molecular weight excluding hydrogens is 593 g/mol. The quantitative estimate of drug-likeness (QED) is 0.155. The van der Waals surface area contributed by atoms with Crippen LogP contribution >= 0.6 is 23.2 Å². The summed E-state index contributed by atoms with van der Waals surface area (Å²) >= 11 is 12.9. The summed E-state index contributed by atoms with van der Waals surface area (Å²) in [6, 6.07) is 9.94. The van der Waals surface area contributed by atoms with Crippen LogP contribution in [0.1, 0.15) is 30.1 Å². The van der Waals surface area contributed by atoms with Crippen LogP contribution in [-0.4, -0.2) is 38.0 Å². The molecule has 1 saturated carbocycles. The van der Waals surface area contributed by atoms with Gasteiger partial charge in [-0.05, 0) is 48.6 Å². The summed E-state index contributed by atoms with van der Waals surface area (Å²) in [5, 5.41) is 1.55. The number of fused-ring (bicyclic) bond motifs is 1. The molecule has 12 heteroatoms. The lowest BCUT2D eigenvalue weighted by molar-refractivity contribution is -0.377. The van der Waals surface area contributed by atoms with Crippen LogP contribution in [0.4, 0.5) is 8.78 Å². The first kappa shape index (κ1) is 29.7. The van der Waals surface area contributed by atoms with E-state index < -0.39 is 18.7 Å². The second-order valence-electron chi connectivity index (χ2n) is 9.86. The number of esters is 1. The monoisotopic (exact) mass is 621 g/mol. The minimum Gasteiger partial charge on any atom is -0.493 e. The lowest BCUT2D eigenvalue weighted by atomic mass is 10.0. The number of pyridine rings is 1. The largest absolute Gasteiger partial charge is 0.493 e. The number of aromatic amines is 1. The number of carbonyl (C=O) groups is 1. The number of nitrogens with zero attached hydrogens (tertiary/aromatic N) is 1. The first-order valence-corrected chi connectivity index (χ1v) is 14.0. The maximum Gasteiger partial charge on any atom is 0.387 e. The third kappa shape index (κ3) is 6.99. The van der Waals surface area contributed by atoms with Crippen molar-refractivity contribution in [3.8, 4) is 23.0 Å². The molecule has 2 heterocycles. The zero-order valence-electron chi connectivity index (χ0n) is 22.9. The summed E-state index contributed by atoms with van der Waals surface area (Å²) in [4.78, 5) is 16.2. The van der Waals surface area contributed by atoms with E-state index in [2.05, 4.69) is 9.72 Å². The van der Waals surface area contributed by atoms with Crippen LogP contribution in [0.5, 0.6) is 23.0 Å². The number of carbonyl (C=O) groups excluding carboxylic acids is 1. The number of alkyl halides is 2. The lowest BCUT2D eigenvalue weighted by Crippen LogP contribution is -2.19. The first-order valence-electron chi connectivity index (χ1n) is 13.2. The Kier molecular flexibility index (Phi) is 9.23. The van der Waals surface area contributed by atoms with Crippen LogP contribution in [0.2, 0.25) is 10.0 Å². The van der Waals surface area contributed by atoms with Crippen molar-refractivity contribution in [2.45, 2.75) is 38.5 Å². The van der Waals surface area contributed by atoms with E-state index in [1.165, 1.54) is 13.2 Å². The van der Waals surface area contributed by atoms with Crippen LogP contribution in [0.3, 0.4) is 0 Å². The van der Waals surface area contributed by atoms with Gasteiger partial charge in [0.25, 0.3) is 0 Å². The van der Waals surface area contributed by atoms with Crippen molar-refractivity contribution in [1.29, 1.82) is 0 Å². The molecule has 0 radical (unpaired) electrons. The van der Waals surface area contributed by atoms with E-state index >= 15 is 0 Å². The highest BCUT2D eigenvalue weighted by molar-refractivity contribution is 6.35. The minimum absolute atomic E-state index is 0.104. The van der Waals surface area contributed by atoms with E-state index in [1.807, 2.05) is 12.1 Å². The number of rotatable bonds is 13. The molecule has 1 aliphatic rings. The van der Waals surface area contributed by atoms with Gasteiger partial charge < -0.3 is 28.3 Å². The number of nitrogens with one attached hydrogen (secondary N) is 1. The predicted octanol–water partition coefficient (Wildman–Crippen LogP) is 6.70. The highest BCUT2D eigenvalue weighted by Crippen LogP contribution is 2.38. The van der Waals surface area contributed by atoms with Crippen molar-refractivity contribution < 1.29 is 42.2 Å². The normalized spacial score (nSPS) is 13.7. The summed E-state index contributed by atoms with van der Waals surface area (Å²) in [5.74, 6) is 0.944. The van der Waals surface area contributed by atoms with Crippen molar-refractivity contribution >= 4 is 40.1 Å². The molecule has 5 rings (SSSR count). The molecule has 1 N–H and O–H groups in total. The second-order valence-corrected chi connectivity index (χ2v) is 10.7. The third-order valence-electron chi connectivity index (χ3n) is 6.96. The van der Waals surface area contributed by atoms with Gasteiger partial charge in [-0.2, -0.15) is 8.78 Å². The molecule has 2 aromatic carbocycles. The predicted molar refractivity (Wildman–Crippen MR) is 152 cm³/mol. The van der Waals surface area contributed by atoms with Crippen molar-refractivity contribution in [1.82, 2.24) is 4.57 Å². The van der Waals surface area contributed by atoms with E-state index in [4.69, 9.17) is 42.1 Å². The Labute approximate surface area is 251 Å². The van der Waals surface area contributed by atoms with Crippen molar-refractivity contribution in [2.24, 2.45) is 5.92 Å². The third-order valence-corrected chi connectivity index (χ3v) is 7.64. The molecule has 0 amide bonds. The van der Waals surface area contributed by atoms with Crippen molar-refractivity contribution in [3.63, 3.8) is 0 Å². The van der Waals surface area contributed by atoms with Crippen molar-refractivity contribution in [2.75, 3.05) is 20.8 Å². The van der Waals surface area contributed by atoms with Crippen molar-refractivity contribution in [3.05, 3.63) is 76.2 Å². The molecule has 222 valence electrons. The van der Waals surface area contributed by atoms with Gasteiger partial charge in [-0.15, -0.1) is 0 Å². The summed E-state index contributed by atoms with van der Waals surface area (Å²) in [7, 11) is 3.09. The Balaban J connectivity index is 1.45. The summed E-state index contributed by atoms with van der Waals surface area (Å²) in [6.07, 6.45) is 6.17. The van der Waals surface area contributed by atoms with Gasteiger partial charge in [0.2, 0.25) is 0 Å². The number of H-pyrrole nitrogens is 1. The Bertz CT molecular complexity index is 1560. The standard InChI is InChI=1S/C30H28Cl2F2N2O6/c1-38-26-9-18-7-8-36(23(18)12-27(26)39-2)15-29(37)41-25(11-20-21(31)13-35-14-22(20)32)19-5-6-24(42-30(33)34)28(10-19)40-16-17-3-4-17/h5-10,12-14,17,25,30H,3-4,11,15-16H2,1-2H3/p+1. The van der Waals surface area contributed by atoms with Crippen LogP contribution in [0.25, 0.3) is 10.9 Å². The smallest absolute Gasteiger partial charge is 0.387 e. The molecule has 0 spiro atoms. The molecule has 8 nitrogen and oxygen atoms in total. The van der Waals surface area contributed by atoms with Crippen LogP contribution in [-0.2, 0) is 22.5 Å². The molecule has 0 bridgehead atoms. The zero-order chi connectivity index (χ0) is 29.8. The highest BCUT2D eigenvalue weighted by Gasteiger charge is 2.26. The van der Waals surface area contributed by atoms with Gasteiger partial charge in [0, 0.05) is 29.6 Å². The second kappa shape index (κ2) is 13.0. The van der Waals surface area contributed by atoms with E-state index in [1.54, 1.807) is 48.5 Å². The average molecular weight is 622 g/mol. The van der Waals surface area contributed by atoms with Gasteiger partial charge in [0.15, 0.2) is 35.4 Å². The number of ether oxygens (including phenoxy) is 5. The number of halogens is 4. The molecule has 4 aromatic rings. The number of hydrogen-bond acceptors (Lipinski definition) is 6. The van der Waals surface area contributed by atoms with Gasteiger partial charge >= 0.3 is 12.6 Å². The minimum atomic E-state index is -3.03. The first-order chi connectivity index (χ1) is 20.2. The molecule has 1 atom stereocenters. The summed E-state index contributed by atoms with van der Waals surface area (Å²) in [6.45, 7) is -2.77. The number of methoxy groups -OCH3 is 2. The number of hydrogen-bond donors (Lipinski definition) is 0. The highest BCUT2D eigenvalue weighted by atomic mass is 35.5. The Hall–Kier alpha value is -3.76. The van der Waals surface area contributed by atoms with Gasteiger partial charge in [0.05, 0.1) is 26.3 Å². The van der Waals surface area contributed by atoms with E-state index in [0.29, 0.717) is 45.2 Å². The van der Waals surface area contributed by atoms with Gasteiger partial charge in [-0.25, -0.2) is 4.98 Å². The van der Waals surface area contributed by atoms with E-state index in [-0.39, 0.29) is 24.5 Å². The average Bonchev–Trinajstić information content (AvgIpc) is 3.72. The Morgan fingerprint density at radius 2 is 1.71 bits per heavy atom. The zero-order valence-corrected chi connectivity index (χ0v) is 24.4. The maximum absolute atomic E-state index is 13.4. The number of aromatic nitrogens is 2. The lowest BCUT2D eigenvalue weighted by Gasteiger charge is -2.21. The summed E-state index contributed by atoms with van der Waals surface area (Å²) < 4.78 is 55.3. The maximum atomic E-state index is 13.4. The topological polar surface area (TPSA) is 82.3 Å². The molecule has 1 aliphatic carbocycles.